The lowest BCUT2D eigenvalue weighted by Crippen LogP contribution is -2.60. The lowest BCUT2D eigenvalue weighted by molar-refractivity contribution is -0.759. The molecule has 1 saturated heterocycles. The summed E-state index contributed by atoms with van der Waals surface area (Å²) in [5.41, 5.74) is 0. The number of hydrogen-bond donors (Lipinski definition) is 0. The molecule has 1 atom stereocenters. The monoisotopic (exact) mass is 282 g/mol. The molecule has 0 aliphatic carbocycles. The Morgan fingerprint density at radius 2 is 2.30 bits per heavy atom. The smallest absolute Gasteiger partial charge is 0.326 e. The average molecular weight is 282 g/mol. The maximum absolute atomic E-state index is 11.5. The lowest BCUT2D eigenvalue weighted by Gasteiger charge is -2.17. The largest absolute Gasteiger partial charge is 0.600 e. The van der Waals surface area contributed by atoms with Crippen LogP contribution in [0.25, 0.3) is 0 Å². The van der Waals surface area contributed by atoms with Gasteiger partial charge in [0.05, 0.1) is 17.9 Å². The van der Waals surface area contributed by atoms with Gasteiger partial charge < -0.3 is 9.84 Å². The second-order valence-corrected chi connectivity index (χ2v) is 5.18. The van der Waals surface area contributed by atoms with E-state index in [0.717, 1.165) is 32.4 Å². The van der Waals surface area contributed by atoms with Gasteiger partial charge in [0.2, 0.25) is 5.27 Å². The van der Waals surface area contributed by atoms with Crippen LogP contribution in [0, 0.1) is 5.92 Å². The van der Waals surface area contributed by atoms with E-state index in [1.165, 1.54) is 6.42 Å². The van der Waals surface area contributed by atoms with Crippen molar-refractivity contribution in [3.05, 3.63) is 6.20 Å². The molecule has 0 N–H and O–H groups in total. The topological polar surface area (TPSA) is 77.8 Å². The molecule has 1 aromatic rings. The Labute approximate surface area is 118 Å². The van der Waals surface area contributed by atoms with Crippen LogP contribution in [0.5, 0.6) is 0 Å². The maximum Gasteiger partial charge on any atom is 0.326 e. The predicted octanol–water partition coefficient (Wildman–Crippen LogP) is 0.494. The number of rotatable bonds is 5. The van der Waals surface area contributed by atoms with Gasteiger partial charge in [-0.25, -0.2) is 0 Å². The van der Waals surface area contributed by atoms with Gasteiger partial charge in [-0.05, 0) is 31.8 Å². The first-order valence-electron chi connectivity index (χ1n) is 7.21. The third kappa shape index (κ3) is 4.11. The Morgan fingerprint density at radius 3 is 3.00 bits per heavy atom. The zero-order valence-electron chi connectivity index (χ0n) is 12.1. The molecule has 0 amide bonds. The molecule has 1 fully saturated rings. The van der Waals surface area contributed by atoms with E-state index in [2.05, 4.69) is 15.3 Å². The van der Waals surface area contributed by atoms with Gasteiger partial charge in [-0.1, -0.05) is 20.3 Å². The second kappa shape index (κ2) is 7.12. The van der Waals surface area contributed by atoms with Gasteiger partial charge >= 0.3 is 5.88 Å². The van der Waals surface area contributed by atoms with Crippen LogP contribution in [0.3, 0.4) is 0 Å². The van der Waals surface area contributed by atoms with E-state index >= 15 is 0 Å². The van der Waals surface area contributed by atoms with Crippen molar-refractivity contribution in [1.29, 1.82) is 0 Å². The summed E-state index contributed by atoms with van der Waals surface area (Å²) in [6.45, 7) is 6.32. The van der Waals surface area contributed by atoms with Crippen molar-refractivity contribution in [3.63, 3.8) is 0 Å². The highest BCUT2D eigenvalue weighted by molar-refractivity contribution is 5.64. The zero-order chi connectivity index (χ0) is 14.4. The van der Waals surface area contributed by atoms with Crippen molar-refractivity contribution in [2.45, 2.75) is 39.5 Å². The van der Waals surface area contributed by atoms with Gasteiger partial charge in [0.1, 0.15) is 0 Å². The van der Waals surface area contributed by atoms with E-state index in [-0.39, 0.29) is 5.88 Å². The molecule has 112 valence electrons. The van der Waals surface area contributed by atoms with Gasteiger partial charge in [-0.2, -0.15) is 10.0 Å². The van der Waals surface area contributed by atoms with E-state index in [9.17, 15) is 5.11 Å². The Bertz CT molecular complexity index is 441. The molecule has 0 spiro atoms. The minimum absolute atomic E-state index is 0.171. The van der Waals surface area contributed by atoms with Crippen molar-refractivity contribution in [1.82, 2.24) is 5.27 Å². The summed E-state index contributed by atoms with van der Waals surface area (Å²) in [6, 6.07) is 0. The molecule has 7 nitrogen and oxygen atoms in total. The van der Waals surface area contributed by atoms with Crippen molar-refractivity contribution in [3.8, 4) is 0 Å². The van der Waals surface area contributed by atoms with Crippen LogP contribution in [0.4, 0.5) is 5.88 Å². The minimum Gasteiger partial charge on any atom is -0.600 e. The molecule has 0 saturated carbocycles. The third-order valence-corrected chi connectivity index (χ3v) is 3.46. The van der Waals surface area contributed by atoms with Crippen LogP contribution < -0.4 is 14.9 Å². The minimum atomic E-state index is -0.632. The van der Waals surface area contributed by atoms with E-state index in [0.29, 0.717) is 12.5 Å². The molecule has 0 bridgehead atoms. The summed E-state index contributed by atoms with van der Waals surface area (Å²) in [4.78, 5) is 5.35. The fraction of sp³-hybridized carbons (Fsp3) is 0.769. The fourth-order valence-corrected chi connectivity index (χ4v) is 1.95. The molecule has 7 heteroatoms. The number of aliphatic imine (C=N–C) groups is 1. The van der Waals surface area contributed by atoms with E-state index in [1.807, 2.05) is 13.8 Å². The molecule has 0 radical (unpaired) electrons. The summed E-state index contributed by atoms with van der Waals surface area (Å²) in [5.74, 6) is 0.506. The number of ether oxygens (including phenoxy) is 1. The van der Waals surface area contributed by atoms with Crippen molar-refractivity contribution >= 4 is 12.0 Å². The number of nitrogens with zero attached hydrogens (tertiary/aromatic N) is 4. The Balaban J connectivity index is 1.90. The number of hydrogen-bond acceptors (Lipinski definition) is 6. The van der Waals surface area contributed by atoms with Crippen LogP contribution >= 0.6 is 0 Å². The molecule has 2 heterocycles. The lowest BCUT2D eigenvalue weighted by atomic mass is 10.1. The highest BCUT2D eigenvalue weighted by atomic mass is 16.6. The highest BCUT2D eigenvalue weighted by Gasteiger charge is 2.22. The fourth-order valence-electron chi connectivity index (χ4n) is 1.95. The maximum atomic E-state index is 11.5. The molecule has 1 aliphatic heterocycles. The highest BCUT2D eigenvalue weighted by Crippen LogP contribution is 2.09. The van der Waals surface area contributed by atoms with Crippen LogP contribution in [-0.4, -0.2) is 31.1 Å². The summed E-state index contributed by atoms with van der Waals surface area (Å²) >= 11 is 0. The summed E-state index contributed by atoms with van der Waals surface area (Å²) in [7, 11) is 0. The van der Waals surface area contributed by atoms with E-state index in [1.54, 1.807) is 11.0 Å². The van der Waals surface area contributed by atoms with Crippen molar-refractivity contribution in [2.75, 3.05) is 24.7 Å². The molecular weight excluding hydrogens is 260 g/mol. The molecule has 0 unspecified atom stereocenters. The second-order valence-electron chi connectivity index (χ2n) is 5.18. The normalized spacial score (nSPS) is 18.1. The summed E-state index contributed by atoms with van der Waals surface area (Å²) in [6.07, 6.45) is 5.47. The third-order valence-electron chi connectivity index (χ3n) is 3.46. The summed E-state index contributed by atoms with van der Waals surface area (Å²) in [5, 5.41) is 17.5. The van der Waals surface area contributed by atoms with Crippen LogP contribution in [0.15, 0.2) is 15.7 Å². The average Bonchev–Trinajstić information content (AvgIpc) is 2.94. The summed E-state index contributed by atoms with van der Waals surface area (Å²) < 4.78 is 10.1. The Kier molecular flexibility index (Phi) is 5.20. The Morgan fingerprint density at radius 1 is 1.55 bits per heavy atom. The molecule has 1 aliphatic rings. The van der Waals surface area contributed by atoms with Gasteiger partial charge in [-0.3, -0.25) is 4.52 Å². The van der Waals surface area contributed by atoms with Gasteiger partial charge in [-0.15, -0.1) is 0 Å². The molecule has 2 rings (SSSR count). The first-order chi connectivity index (χ1) is 9.69. The van der Waals surface area contributed by atoms with Gasteiger partial charge in [0.25, 0.3) is 6.20 Å². The SMILES string of the molecule is CC[C@H](C)COC([O-])=Nc1c[n+](N2CCCCC2)no1. The first kappa shape index (κ1) is 14.6. The van der Waals surface area contributed by atoms with Crippen LogP contribution in [0.2, 0.25) is 0 Å². The molecule has 1 aromatic heterocycles. The zero-order valence-corrected chi connectivity index (χ0v) is 12.1. The molecule has 0 aromatic carbocycles. The predicted molar refractivity (Wildman–Crippen MR) is 71.0 cm³/mol. The Hall–Kier alpha value is -1.79. The van der Waals surface area contributed by atoms with Gasteiger partial charge in [0.15, 0.2) is 6.08 Å². The quantitative estimate of drug-likeness (QED) is 0.446. The van der Waals surface area contributed by atoms with Crippen molar-refractivity contribution < 1.29 is 19.2 Å². The number of piperidine rings is 1. The van der Waals surface area contributed by atoms with Crippen LogP contribution in [-0.2, 0) is 4.74 Å². The molecule has 20 heavy (non-hydrogen) atoms. The van der Waals surface area contributed by atoms with Crippen LogP contribution in [0.1, 0.15) is 39.5 Å². The van der Waals surface area contributed by atoms with Crippen molar-refractivity contribution in [2.24, 2.45) is 10.9 Å². The standard InChI is InChI=1S/C13H22N4O3/c1-3-11(2)10-19-13(18)14-12-9-17(15-20-12)16-7-5-4-6-8-16/h9,11H,3-8,10H2,1-2H3/t11-/m0/s1. The first-order valence-corrected chi connectivity index (χ1v) is 7.21. The van der Waals surface area contributed by atoms with E-state index in [4.69, 9.17) is 9.26 Å². The molecular formula is C13H22N4O3. The number of aromatic nitrogens is 2. The van der Waals surface area contributed by atoms with E-state index < -0.39 is 6.08 Å². The van der Waals surface area contributed by atoms with Gasteiger partial charge in [0, 0.05) is 0 Å².